The molecule has 0 spiro atoms. The normalized spacial score (nSPS) is 11.0. The quantitative estimate of drug-likeness (QED) is 0.692. The van der Waals surface area contributed by atoms with Crippen LogP contribution in [0.3, 0.4) is 0 Å². The molecule has 0 saturated heterocycles. The van der Waals surface area contributed by atoms with Crippen LogP contribution < -0.4 is 5.32 Å². The van der Waals surface area contributed by atoms with E-state index in [9.17, 15) is 13.6 Å². The van der Waals surface area contributed by atoms with Gasteiger partial charge in [-0.25, -0.2) is 8.78 Å². The van der Waals surface area contributed by atoms with Crippen LogP contribution in [0, 0.1) is 11.6 Å². The van der Waals surface area contributed by atoms with Gasteiger partial charge in [0, 0.05) is 30.4 Å². The van der Waals surface area contributed by atoms with E-state index in [0.29, 0.717) is 35.6 Å². The number of hydrogen-bond acceptors (Lipinski definition) is 2. The van der Waals surface area contributed by atoms with Gasteiger partial charge < -0.3 is 15.2 Å². The maximum Gasteiger partial charge on any atom is 0.253 e. The van der Waals surface area contributed by atoms with E-state index in [-0.39, 0.29) is 5.91 Å². The zero-order valence-corrected chi connectivity index (χ0v) is 15.2. The molecule has 0 aliphatic rings. The molecule has 0 atom stereocenters. The zero-order valence-electron chi connectivity index (χ0n) is 15.2. The predicted molar refractivity (Wildman–Crippen MR) is 102 cm³/mol. The van der Waals surface area contributed by atoms with Crippen LogP contribution in [0.25, 0.3) is 22.5 Å². The van der Waals surface area contributed by atoms with Crippen molar-refractivity contribution in [2.24, 2.45) is 0 Å². The summed E-state index contributed by atoms with van der Waals surface area (Å²) in [5, 5.41) is 2.88. The van der Waals surface area contributed by atoms with Crippen molar-refractivity contribution in [2.75, 3.05) is 27.2 Å². The highest BCUT2D eigenvalue weighted by Gasteiger charge is 2.18. The molecule has 0 aliphatic heterocycles. The number of aromatic amines is 1. The van der Waals surface area contributed by atoms with Crippen LogP contribution in [-0.2, 0) is 0 Å². The van der Waals surface area contributed by atoms with Crippen molar-refractivity contribution in [1.29, 1.82) is 0 Å². The molecule has 1 aromatic heterocycles. The number of nitrogens with one attached hydrogen (secondary N) is 2. The topological polar surface area (TPSA) is 48.1 Å². The first kappa shape index (κ1) is 18.8. The molecular formula is C21H21F2N3O. The SMILES string of the molecule is CN(C)CCNC(=O)c1cc(-c2cc(F)cc(F)c2)[nH]c1-c1ccccc1. The summed E-state index contributed by atoms with van der Waals surface area (Å²) in [6.45, 7) is 1.20. The average molecular weight is 369 g/mol. The van der Waals surface area contributed by atoms with E-state index in [0.717, 1.165) is 11.6 Å². The van der Waals surface area contributed by atoms with Crippen LogP contribution in [0.2, 0.25) is 0 Å². The highest BCUT2D eigenvalue weighted by Crippen LogP contribution is 2.29. The second-order valence-electron chi connectivity index (χ2n) is 6.56. The second-order valence-corrected chi connectivity index (χ2v) is 6.56. The van der Waals surface area contributed by atoms with Crippen LogP contribution in [0.5, 0.6) is 0 Å². The van der Waals surface area contributed by atoms with Crippen LogP contribution in [0.1, 0.15) is 10.4 Å². The van der Waals surface area contributed by atoms with Crippen LogP contribution in [0.15, 0.2) is 54.6 Å². The third-order valence-electron chi connectivity index (χ3n) is 4.14. The van der Waals surface area contributed by atoms with Crippen molar-refractivity contribution in [3.05, 3.63) is 71.8 Å². The summed E-state index contributed by atoms with van der Waals surface area (Å²) < 4.78 is 27.2. The van der Waals surface area contributed by atoms with Crippen molar-refractivity contribution in [2.45, 2.75) is 0 Å². The highest BCUT2D eigenvalue weighted by molar-refractivity contribution is 6.01. The van der Waals surface area contributed by atoms with Crippen molar-refractivity contribution in [1.82, 2.24) is 15.2 Å². The first-order valence-corrected chi connectivity index (χ1v) is 8.62. The van der Waals surface area contributed by atoms with Crippen LogP contribution >= 0.6 is 0 Å². The fourth-order valence-corrected chi connectivity index (χ4v) is 2.82. The molecular weight excluding hydrogens is 348 g/mol. The van der Waals surface area contributed by atoms with Crippen molar-refractivity contribution >= 4 is 5.91 Å². The Hall–Kier alpha value is -2.99. The third-order valence-corrected chi connectivity index (χ3v) is 4.14. The standard InChI is InChI=1S/C21H21F2N3O/c1-26(2)9-8-24-21(27)18-13-19(15-10-16(22)12-17(23)11-15)25-20(18)14-6-4-3-5-7-14/h3-7,10-13,25H,8-9H2,1-2H3,(H,24,27). The Labute approximate surface area is 156 Å². The van der Waals surface area contributed by atoms with Crippen molar-refractivity contribution in [3.8, 4) is 22.5 Å². The lowest BCUT2D eigenvalue weighted by molar-refractivity contribution is 0.0952. The van der Waals surface area contributed by atoms with Crippen molar-refractivity contribution in [3.63, 3.8) is 0 Å². The van der Waals surface area contributed by atoms with E-state index in [1.807, 2.05) is 49.3 Å². The number of H-pyrrole nitrogens is 1. The molecule has 0 radical (unpaired) electrons. The molecule has 0 fully saturated rings. The fourth-order valence-electron chi connectivity index (χ4n) is 2.82. The maximum atomic E-state index is 13.6. The number of carbonyl (C=O) groups excluding carboxylic acids is 1. The molecule has 2 N–H and O–H groups in total. The molecule has 140 valence electrons. The number of likely N-dealkylation sites (N-methyl/N-ethyl adjacent to an activating group) is 1. The highest BCUT2D eigenvalue weighted by atomic mass is 19.1. The molecule has 3 rings (SSSR count). The molecule has 0 aliphatic carbocycles. The summed E-state index contributed by atoms with van der Waals surface area (Å²) in [5.41, 5.74) is 2.68. The Kier molecular flexibility index (Phi) is 5.66. The van der Waals surface area contributed by atoms with Gasteiger partial charge in [-0.05, 0) is 37.9 Å². The lowest BCUT2D eigenvalue weighted by Crippen LogP contribution is -2.31. The number of hydrogen-bond donors (Lipinski definition) is 2. The van der Waals surface area contributed by atoms with Gasteiger partial charge in [-0.3, -0.25) is 4.79 Å². The lowest BCUT2D eigenvalue weighted by atomic mass is 10.1. The molecule has 1 heterocycles. The van der Waals surface area contributed by atoms with Gasteiger partial charge in [0.2, 0.25) is 0 Å². The molecule has 2 aromatic carbocycles. The Balaban J connectivity index is 2.00. The summed E-state index contributed by atoms with van der Waals surface area (Å²) in [6.07, 6.45) is 0. The van der Waals surface area contributed by atoms with Gasteiger partial charge in [-0.1, -0.05) is 30.3 Å². The molecule has 3 aromatic rings. The fraction of sp³-hybridized carbons (Fsp3) is 0.190. The summed E-state index contributed by atoms with van der Waals surface area (Å²) in [6, 6.07) is 14.3. The van der Waals surface area contributed by atoms with Gasteiger partial charge in [0.25, 0.3) is 5.91 Å². The van der Waals surface area contributed by atoms with E-state index in [1.54, 1.807) is 6.07 Å². The molecule has 0 bridgehead atoms. The third kappa shape index (κ3) is 4.60. The number of benzene rings is 2. The summed E-state index contributed by atoms with van der Waals surface area (Å²) in [5.74, 6) is -1.58. The molecule has 6 heteroatoms. The second kappa shape index (κ2) is 8.14. The molecule has 4 nitrogen and oxygen atoms in total. The number of rotatable bonds is 6. The first-order chi connectivity index (χ1) is 12.9. The largest absolute Gasteiger partial charge is 0.354 e. The number of aromatic nitrogens is 1. The Morgan fingerprint density at radius 1 is 1.00 bits per heavy atom. The lowest BCUT2D eigenvalue weighted by Gasteiger charge is -2.10. The van der Waals surface area contributed by atoms with E-state index >= 15 is 0 Å². The minimum absolute atomic E-state index is 0.241. The van der Waals surface area contributed by atoms with E-state index in [1.165, 1.54) is 12.1 Å². The minimum Gasteiger partial charge on any atom is -0.354 e. The van der Waals surface area contributed by atoms with Crippen LogP contribution in [0.4, 0.5) is 8.78 Å². The number of nitrogens with zero attached hydrogens (tertiary/aromatic N) is 1. The van der Waals surface area contributed by atoms with E-state index < -0.39 is 11.6 Å². The molecule has 0 saturated carbocycles. The Bertz CT molecular complexity index is 916. The maximum absolute atomic E-state index is 13.6. The number of halogens is 2. The summed E-state index contributed by atoms with van der Waals surface area (Å²) in [4.78, 5) is 17.8. The Morgan fingerprint density at radius 3 is 2.30 bits per heavy atom. The predicted octanol–water partition coefficient (Wildman–Crippen LogP) is 3.92. The van der Waals surface area contributed by atoms with Crippen LogP contribution in [-0.4, -0.2) is 43.0 Å². The van der Waals surface area contributed by atoms with Gasteiger partial charge >= 0.3 is 0 Å². The molecule has 27 heavy (non-hydrogen) atoms. The smallest absolute Gasteiger partial charge is 0.253 e. The zero-order chi connectivity index (χ0) is 19.4. The number of amides is 1. The monoisotopic (exact) mass is 369 g/mol. The first-order valence-electron chi connectivity index (χ1n) is 8.62. The van der Waals surface area contributed by atoms with Crippen molar-refractivity contribution < 1.29 is 13.6 Å². The van der Waals surface area contributed by atoms with Gasteiger partial charge in [0.05, 0.1) is 11.3 Å². The van der Waals surface area contributed by atoms with Gasteiger partial charge in [-0.2, -0.15) is 0 Å². The average Bonchev–Trinajstić information content (AvgIpc) is 3.07. The molecule has 0 unspecified atom stereocenters. The van der Waals surface area contributed by atoms with Gasteiger partial charge in [-0.15, -0.1) is 0 Å². The van der Waals surface area contributed by atoms with E-state index in [4.69, 9.17) is 0 Å². The minimum atomic E-state index is -0.669. The summed E-state index contributed by atoms with van der Waals surface area (Å²) in [7, 11) is 3.85. The Morgan fingerprint density at radius 2 is 1.67 bits per heavy atom. The van der Waals surface area contributed by atoms with Gasteiger partial charge in [0.15, 0.2) is 0 Å². The summed E-state index contributed by atoms with van der Waals surface area (Å²) >= 11 is 0. The number of carbonyl (C=O) groups is 1. The van der Waals surface area contributed by atoms with E-state index in [2.05, 4.69) is 10.3 Å². The van der Waals surface area contributed by atoms with Gasteiger partial charge in [0.1, 0.15) is 11.6 Å². The molecule has 1 amide bonds.